The summed E-state index contributed by atoms with van der Waals surface area (Å²) in [5.41, 5.74) is 4.23. The number of H-pyrrole nitrogens is 1. The molecule has 1 fully saturated rings. The lowest BCUT2D eigenvalue weighted by Gasteiger charge is -2.30. The number of benzene rings is 1. The Labute approximate surface area is 210 Å². The average Bonchev–Trinajstić information content (AvgIpc) is 3.31. The Morgan fingerprint density at radius 3 is 2.51 bits per heavy atom. The molecule has 5 heterocycles. The highest BCUT2D eigenvalue weighted by Gasteiger charge is 2.23. The predicted molar refractivity (Wildman–Crippen MR) is 140 cm³/mol. The molecular formula is C28H21F2N7. The van der Waals surface area contributed by atoms with Crippen LogP contribution in [0.15, 0.2) is 67.2 Å². The van der Waals surface area contributed by atoms with Gasteiger partial charge in [0.25, 0.3) is 0 Å². The Balaban J connectivity index is 1.45. The van der Waals surface area contributed by atoms with Crippen LogP contribution < -0.4 is 10.2 Å². The van der Waals surface area contributed by atoms with Gasteiger partial charge in [-0.2, -0.15) is 0 Å². The lowest BCUT2D eigenvalue weighted by molar-refractivity contribution is 0.586. The number of aromatic amines is 1. The van der Waals surface area contributed by atoms with Crippen molar-refractivity contribution in [2.45, 2.75) is 0 Å². The van der Waals surface area contributed by atoms with Crippen molar-refractivity contribution >= 4 is 33.3 Å². The van der Waals surface area contributed by atoms with Crippen LogP contribution in [0.1, 0.15) is 5.56 Å². The number of fused-ring (bicyclic) bond motifs is 2. The molecule has 7 rings (SSSR count). The molecule has 0 bridgehead atoms. The second-order valence-electron chi connectivity index (χ2n) is 9.07. The van der Waals surface area contributed by atoms with Crippen LogP contribution in [0.2, 0.25) is 0 Å². The standard InChI is InChI=1S/C28H21F2N7/c29-20-5-2-6-21(30)25(20)22-13-18-17(7-8-33-26(18)34-22)27-35-23-15-32-14-19(16-3-1-4-16)24(23)28(36-27)37-11-9-31-10-12-37/h1-8,13-15,31H,9-12H2,(H,33,34). The molecule has 0 unspecified atom stereocenters. The van der Waals surface area contributed by atoms with Gasteiger partial charge < -0.3 is 15.2 Å². The maximum Gasteiger partial charge on any atom is 0.163 e. The average molecular weight is 494 g/mol. The highest BCUT2D eigenvalue weighted by atomic mass is 19.1. The summed E-state index contributed by atoms with van der Waals surface area (Å²) < 4.78 is 29.1. The van der Waals surface area contributed by atoms with Crippen LogP contribution >= 0.6 is 0 Å². The third-order valence-corrected chi connectivity index (χ3v) is 6.87. The van der Waals surface area contributed by atoms with Gasteiger partial charge in [0.1, 0.15) is 23.1 Å². The number of pyridine rings is 2. The van der Waals surface area contributed by atoms with E-state index in [2.05, 4.69) is 37.3 Å². The molecule has 7 nitrogen and oxygen atoms in total. The van der Waals surface area contributed by atoms with Crippen LogP contribution in [0.3, 0.4) is 0 Å². The van der Waals surface area contributed by atoms with Crippen molar-refractivity contribution in [3.05, 3.63) is 84.3 Å². The Morgan fingerprint density at radius 1 is 0.946 bits per heavy atom. The van der Waals surface area contributed by atoms with Gasteiger partial charge in [0.2, 0.25) is 0 Å². The number of nitrogens with one attached hydrogen (secondary N) is 2. The van der Waals surface area contributed by atoms with Gasteiger partial charge in [-0.15, -0.1) is 0 Å². The largest absolute Gasteiger partial charge is 0.353 e. The number of aromatic nitrogens is 5. The van der Waals surface area contributed by atoms with Gasteiger partial charge in [-0.1, -0.05) is 24.3 Å². The van der Waals surface area contributed by atoms with E-state index in [0.29, 0.717) is 22.6 Å². The summed E-state index contributed by atoms with van der Waals surface area (Å²) >= 11 is 0. The van der Waals surface area contributed by atoms with E-state index < -0.39 is 11.6 Å². The van der Waals surface area contributed by atoms with E-state index in [1.54, 1.807) is 18.5 Å². The second kappa shape index (κ2) is 8.56. The van der Waals surface area contributed by atoms with E-state index in [9.17, 15) is 8.78 Å². The molecule has 0 radical (unpaired) electrons. The van der Waals surface area contributed by atoms with Crippen molar-refractivity contribution in [2.24, 2.45) is 0 Å². The summed E-state index contributed by atoms with van der Waals surface area (Å²) in [5, 5.41) is 5.04. The fourth-order valence-electron chi connectivity index (χ4n) is 4.99. The minimum absolute atomic E-state index is 0.122. The Morgan fingerprint density at radius 2 is 1.76 bits per heavy atom. The predicted octanol–water partition coefficient (Wildman–Crippen LogP) is 4.88. The molecular weight excluding hydrogens is 472 g/mol. The summed E-state index contributed by atoms with van der Waals surface area (Å²) in [6.07, 6.45) is 11.4. The first-order chi connectivity index (χ1) is 18.2. The number of hydrogen-bond acceptors (Lipinski definition) is 6. The molecule has 0 amide bonds. The quantitative estimate of drug-likeness (QED) is 0.372. The first kappa shape index (κ1) is 21.8. The topological polar surface area (TPSA) is 82.6 Å². The van der Waals surface area contributed by atoms with Crippen LogP contribution in [-0.4, -0.2) is 51.1 Å². The first-order valence-electron chi connectivity index (χ1n) is 12.1. The van der Waals surface area contributed by atoms with Crippen LogP contribution in [-0.2, 0) is 0 Å². The van der Waals surface area contributed by atoms with Crippen LogP contribution in [0.4, 0.5) is 14.6 Å². The molecule has 182 valence electrons. The second-order valence-corrected chi connectivity index (χ2v) is 9.07. The van der Waals surface area contributed by atoms with Gasteiger partial charge in [-0.25, -0.2) is 23.7 Å². The number of halogens is 2. The zero-order chi connectivity index (χ0) is 24.9. The normalized spacial score (nSPS) is 15.3. The van der Waals surface area contributed by atoms with Crippen molar-refractivity contribution in [1.82, 2.24) is 30.2 Å². The lowest BCUT2D eigenvalue weighted by atomic mass is 9.97. The van der Waals surface area contributed by atoms with Crippen molar-refractivity contribution in [3.8, 4) is 22.6 Å². The molecule has 0 saturated carbocycles. The zero-order valence-electron chi connectivity index (χ0n) is 19.7. The minimum Gasteiger partial charge on any atom is -0.353 e. The summed E-state index contributed by atoms with van der Waals surface area (Å²) in [6.45, 7) is 3.35. The minimum atomic E-state index is -0.644. The smallest absolute Gasteiger partial charge is 0.163 e. The van der Waals surface area contributed by atoms with Gasteiger partial charge in [-0.05, 0) is 29.8 Å². The third kappa shape index (κ3) is 3.58. The van der Waals surface area contributed by atoms with E-state index in [-0.39, 0.29) is 5.56 Å². The highest BCUT2D eigenvalue weighted by molar-refractivity contribution is 6.03. The van der Waals surface area contributed by atoms with Crippen LogP contribution in [0.5, 0.6) is 0 Å². The molecule has 0 atom stereocenters. The molecule has 1 aliphatic heterocycles. The molecule has 2 aliphatic rings. The van der Waals surface area contributed by atoms with E-state index >= 15 is 0 Å². The monoisotopic (exact) mass is 493 g/mol. The molecule has 1 saturated heterocycles. The third-order valence-electron chi connectivity index (χ3n) is 6.87. The number of allylic oxidation sites excluding steroid dienone is 4. The number of hydrogen-bond donors (Lipinski definition) is 2. The summed E-state index contributed by atoms with van der Waals surface area (Å²) in [7, 11) is 0. The number of nitrogens with zero attached hydrogens (tertiary/aromatic N) is 5. The zero-order valence-corrected chi connectivity index (χ0v) is 19.7. The Bertz CT molecular complexity index is 1730. The fourth-order valence-corrected chi connectivity index (χ4v) is 4.99. The van der Waals surface area contributed by atoms with Crippen molar-refractivity contribution in [2.75, 3.05) is 31.1 Å². The summed E-state index contributed by atoms with van der Waals surface area (Å²) in [4.78, 5) is 24.2. The van der Waals surface area contributed by atoms with Gasteiger partial charge in [-0.3, -0.25) is 4.98 Å². The molecule has 37 heavy (non-hydrogen) atoms. The van der Waals surface area contributed by atoms with Crippen LogP contribution in [0.25, 0.3) is 50.2 Å². The molecule has 0 spiro atoms. The SMILES string of the molecule is Fc1cccc(F)c1-c1cc2c(-c3nc(N4CCNCC4)c4c(C5=CC=C5)cncc4n3)ccnc2[nH]1. The summed E-state index contributed by atoms with van der Waals surface area (Å²) in [5.74, 6) is 0.0639. The molecule has 1 aliphatic carbocycles. The molecule has 5 aromatic rings. The Kier molecular flexibility index (Phi) is 5.03. The van der Waals surface area contributed by atoms with E-state index in [1.807, 2.05) is 18.3 Å². The highest BCUT2D eigenvalue weighted by Crippen LogP contribution is 2.37. The number of anilines is 1. The number of piperazine rings is 1. The van der Waals surface area contributed by atoms with Crippen molar-refractivity contribution in [1.29, 1.82) is 0 Å². The van der Waals surface area contributed by atoms with Gasteiger partial charge in [0.05, 0.1) is 28.4 Å². The lowest BCUT2D eigenvalue weighted by Crippen LogP contribution is -2.44. The van der Waals surface area contributed by atoms with Gasteiger partial charge >= 0.3 is 0 Å². The van der Waals surface area contributed by atoms with Gasteiger partial charge in [0, 0.05) is 55.1 Å². The fraction of sp³-hybridized carbons (Fsp3) is 0.143. The molecule has 2 N–H and O–H groups in total. The summed E-state index contributed by atoms with van der Waals surface area (Å²) in [6, 6.07) is 7.35. The van der Waals surface area contributed by atoms with E-state index in [1.165, 1.54) is 18.2 Å². The van der Waals surface area contributed by atoms with E-state index in [4.69, 9.17) is 9.97 Å². The van der Waals surface area contributed by atoms with Gasteiger partial charge in [0.15, 0.2) is 5.82 Å². The maximum atomic E-state index is 14.5. The van der Waals surface area contributed by atoms with Crippen LogP contribution in [0, 0.1) is 11.6 Å². The van der Waals surface area contributed by atoms with E-state index in [0.717, 1.165) is 59.6 Å². The van der Waals surface area contributed by atoms with Crippen molar-refractivity contribution in [3.63, 3.8) is 0 Å². The first-order valence-corrected chi connectivity index (χ1v) is 12.1. The molecule has 4 aromatic heterocycles. The Hall–Kier alpha value is -4.50. The molecule has 9 heteroatoms. The molecule has 1 aromatic carbocycles. The number of rotatable bonds is 4. The maximum absolute atomic E-state index is 14.5. The van der Waals surface area contributed by atoms with Crippen molar-refractivity contribution < 1.29 is 8.78 Å².